The van der Waals surface area contributed by atoms with E-state index in [0.29, 0.717) is 17.2 Å². The highest BCUT2D eigenvalue weighted by Gasteiger charge is 2.17. The zero-order valence-corrected chi connectivity index (χ0v) is 12.9. The second kappa shape index (κ2) is 6.21. The molecule has 0 aliphatic heterocycles. The number of hydrogen-bond donors (Lipinski definition) is 1. The van der Waals surface area contributed by atoms with E-state index in [1.54, 1.807) is 0 Å². The third-order valence-electron chi connectivity index (χ3n) is 2.52. The van der Waals surface area contributed by atoms with Gasteiger partial charge >= 0.3 is 5.97 Å². The molecule has 0 fully saturated rings. The number of carbonyl (C=O) groups excluding carboxylic acids is 1. The smallest absolute Gasteiger partial charge is 0.350 e. The first-order valence-corrected chi connectivity index (χ1v) is 7.55. The summed E-state index contributed by atoms with van der Waals surface area (Å²) in [5.74, 6) is -0.345. The highest BCUT2D eigenvalue weighted by atomic mass is 79.9. The standard InChI is InChI=1S/C14H14BrNO2S/c1-2-7-18-14(17)13-11(16)8-12(19-13)9-5-3-4-6-10(9)15/h3-6,8H,2,7,16H2,1H3. The van der Waals surface area contributed by atoms with Gasteiger partial charge < -0.3 is 10.5 Å². The highest BCUT2D eigenvalue weighted by Crippen LogP contribution is 2.37. The first-order chi connectivity index (χ1) is 9.13. The predicted molar refractivity (Wildman–Crippen MR) is 82.4 cm³/mol. The quantitative estimate of drug-likeness (QED) is 0.843. The van der Waals surface area contributed by atoms with Crippen LogP contribution in [0.4, 0.5) is 5.69 Å². The Morgan fingerprint density at radius 2 is 2.16 bits per heavy atom. The van der Waals surface area contributed by atoms with Crippen LogP contribution in [-0.2, 0) is 4.74 Å². The summed E-state index contributed by atoms with van der Waals surface area (Å²) in [5, 5.41) is 0. The normalized spacial score (nSPS) is 10.4. The third-order valence-corrected chi connectivity index (χ3v) is 4.38. The second-order valence-electron chi connectivity index (χ2n) is 4.01. The first-order valence-electron chi connectivity index (χ1n) is 5.94. The lowest BCUT2D eigenvalue weighted by molar-refractivity contribution is 0.0512. The summed E-state index contributed by atoms with van der Waals surface area (Å²) in [6.45, 7) is 2.37. The molecule has 0 spiro atoms. The van der Waals surface area contributed by atoms with E-state index in [2.05, 4.69) is 15.9 Å². The fourth-order valence-electron chi connectivity index (χ4n) is 1.62. The number of hydrogen-bond acceptors (Lipinski definition) is 4. The van der Waals surface area contributed by atoms with Gasteiger partial charge in [-0.15, -0.1) is 11.3 Å². The Morgan fingerprint density at radius 1 is 1.42 bits per heavy atom. The van der Waals surface area contributed by atoms with Gasteiger partial charge in [0.1, 0.15) is 4.88 Å². The Morgan fingerprint density at radius 3 is 2.84 bits per heavy atom. The van der Waals surface area contributed by atoms with Crippen molar-refractivity contribution in [3.05, 3.63) is 39.7 Å². The maximum atomic E-state index is 11.9. The zero-order chi connectivity index (χ0) is 13.8. The van der Waals surface area contributed by atoms with Crippen molar-refractivity contribution in [2.24, 2.45) is 0 Å². The van der Waals surface area contributed by atoms with Crippen molar-refractivity contribution < 1.29 is 9.53 Å². The Labute approximate surface area is 124 Å². The molecule has 100 valence electrons. The third kappa shape index (κ3) is 3.16. The zero-order valence-electron chi connectivity index (χ0n) is 10.5. The van der Waals surface area contributed by atoms with Gasteiger partial charge in [-0.1, -0.05) is 41.1 Å². The summed E-state index contributed by atoms with van der Waals surface area (Å²) in [5.41, 5.74) is 7.39. The molecule has 3 nitrogen and oxygen atoms in total. The lowest BCUT2D eigenvalue weighted by Gasteiger charge is -2.01. The van der Waals surface area contributed by atoms with Crippen LogP contribution in [0, 0.1) is 0 Å². The topological polar surface area (TPSA) is 52.3 Å². The van der Waals surface area contributed by atoms with Gasteiger partial charge in [0.15, 0.2) is 0 Å². The highest BCUT2D eigenvalue weighted by molar-refractivity contribution is 9.10. The number of thiophene rings is 1. The molecule has 0 aliphatic rings. The molecule has 0 atom stereocenters. The molecule has 1 aromatic heterocycles. The molecule has 1 heterocycles. The second-order valence-corrected chi connectivity index (χ2v) is 5.92. The van der Waals surface area contributed by atoms with Crippen LogP contribution in [0.15, 0.2) is 34.8 Å². The molecule has 0 aliphatic carbocycles. The number of rotatable bonds is 4. The van der Waals surface area contributed by atoms with E-state index in [1.807, 2.05) is 37.3 Å². The number of esters is 1. The Balaban J connectivity index is 2.31. The summed E-state index contributed by atoms with van der Waals surface area (Å²) < 4.78 is 6.09. The molecular weight excluding hydrogens is 326 g/mol. The van der Waals surface area contributed by atoms with Crippen molar-refractivity contribution in [2.75, 3.05) is 12.3 Å². The number of halogens is 1. The summed E-state index contributed by atoms with van der Waals surface area (Å²) in [7, 11) is 0. The van der Waals surface area contributed by atoms with Crippen molar-refractivity contribution in [3.8, 4) is 10.4 Å². The number of nitrogen functional groups attached to an aromatic ring is 1. The summed E-state index contributed by atoms with van der Waals surface area (Å²) >= 11 is 4.85. The van der Waals surface area contributed by atoms with Crippen molar-refractivity contribution in [1.82, 2.24) is 0 Å². The minimum absolute atomic E-state index is 0.345. The molecule has 1 aromatic carbocycles. The monoisotopic (exact) mass is 339 g/mol. The van der Waals surface area contributed by atoms with E-state index in [1.165, 1.54) is 11.3 Å². The van der Waals surface area contributed by atoms with Gasteiger partial charge in [0.2, 0.25) is 0 Å². The minimum atomic E-state index is -0.345. The largest absolute Gasteiger partial charge is 0.461 e. The number of anilines is 1. The maximum Gasteiger partial charge on any atom is 0.350 e. The van der Waals surface area contributed by atoms with Crippen LogP contribution in [0.2, 0.25) is 0 Å². The van der Waals surface area contributed by atoms with Crippen LogP contribution in [0.3, 0.4) is 0 Å². The average Bonchev–Trinajstić information content (AvgIpc) is 2.78. The van der Waals surface area contributed by atoms with E-state index in [-0.39, 0.29) is 5.97 Å². The van der Waals surface area contributed by atoms with Gasteiger partial charge in [-0.05, 0) is 18.6 Å². The van der Waals surface area contributed by atoms with Gasteiger partial charge in [-0.25, -0.2) is 4.79 Å². The SMILES string of the molecule is CCCOC(=O)c1sc(-c2ccccc2Br)cc1N. The minimum Gasteiger partial charge on any atom is -0.461 e. The van der Waals surface area contributed by atoms with Crippen molar-refractivity contribution >= 4 is 38.9 Å². The van der Waals surface area contributed by atoms with Crippen LogP contribution < -0.4 is 5.73 Å². The Kier molecular flexibility index (Phi) is 4.61. The predicted octanol–water partition coefficient (Wildman–Crippen LogP) is 4.33. The molecule has 0 saturated carbocycles. The van der Waals surface area contributed by atoms with Crippen molar-refractivity contribution in [3.63, 3.8) is 0 Å². The van der Waals surface area contributed by atoms with Crippen LogP contribution >= 0.6 is 27.3 Å². The summed E-state index contributed by atoms with van der Waals surface area (Å²) in [6.07, 6.45) is 0.800. The summed E-state index contributed by atoms with van der Waals surface area (Å²) in [6, 6.07) is 9.65. The van der Waals surface area contributed by atoms with E-state index in [4.69, 9.17) is 10.5 Å². The lowest BCUT2D eigenvalue weighted by atomic mass is 10.2. The fourth-order valence-corrected chi connectivity index (χ4v) is 3.26. The van der Waals surface area contributed by atoms with Crippen LogP contribution in [0.5, 0.6) is 0 Å². The van der Waals surface area contributed by atoms with Crippen molar-refractivity contribution in [2.45, 2.75) is 13.3 Å². The van der Waals surface area contributed by atoms with Crippen LogP contribution in [-0.4, -0.2) is 12.6 Å². The number of benzene rings is 1. The molecule has 0 unspecified atom stereocenters. The van der Waals surface area contributed by atoms with Gasteiger partial charge in [-0.3, -0.25) is 0 Å². The van der Waals surface area contributed by atoms with E-state index >= 15 is 0 Å². The molecule has 2 rings (SSSR count). The van der Waals surface area contributed by atoms with E-state index in [0.717, 1.165) is 21.3 Å². The van der Waals surface area contributed by atoms with Gasteiger partial charge in [0, 0.05) is 14.9 Å². The molecule has 0 bridgehead atoms. The molecule has 0 saturated heterocycles. The lowest BCUT2D eigenvalue weighted by Crippen LogP contribution is -2.05. The number of carbonyl (C=O) groups is 1. The van der Waals surface area contributed by atoms with E-state index < -0.39 is 0 Å². The first kappa shape index (κ1) is 14.1. The molecule has 0 radical (unpaired) electrons. The molecule has 2 aromatic rings. The van der Waals surface area contributed by atoms with Crippen LogP contribution in [0.1, 0.15) is 23.0 Å². The number of ether oxygens (including phenoxy) is 1. The van der Waals surface area contributed by atoms with Crippen molar-refractivity contribution in [1.29, 1.82) is 0 Å². The maximum absolute atomic E-state index is 11.9. The molecular formula is C14H14BrNO2S. The Bertz CT molecular complexity index is 595. The fraction of sp³-hybridized carbons (Fsp3) is 0.214. The average molecular weight is 340 g/mol. The Hall–Kier alpha value is -1.33. The molecule has 2 N–H and O–H groups in total. The molecule has 19 heavy (non-hydrogen) atoms. The summed E-state index contributed by atoms with van der Waals surface area (Å²) in [4.78, 5) is 13.3. The van der Waals surface area contributed by atoms with Crippen LogP contribution in [0.25, 0.3) is 10.4 Å². The molecule has 0 amide bonds. The van der Waals surface area contributed by atoms with Gasteiger partial charge in [-0.2, -0.15) is 0 Å². The van der Waals surface area contributed by atoms with Gasteiger partial charge in [0.25, 0.3) is 0 Å². The van der Waals surface area contributed by atoms with Gasteiger partial charge in [0.05, 0.1) is 12.3 Å². The molecule has 5 heteroatoms. The van der Waals surface area contributed by atoms with E-state index in [9.17, 15) is 4.79 Å². The number of nitrogens with two attached hydrogens (primary N) is 1.